The Morgan fingerprint density at radius 2 is 2.00 bits per heavy atom. The second-order valence-corrected chi connectivity index (χ2v) is 0.868. The van der Waals surface area contributed by atoms with Crippen molar-refractivity contribution in [3.05, 3.63) is 0 Å². The number of hydrogen-bond acceptors (Lipinski definition) is 2. The fraction of sp³-hybridized carbons (Fsp3) is 0.500. The van der Waals surface area contributed by atoms with Crippen LogP contribution in [-0.4, -0.2) is 16.8 Å². The molecule has 1 N–H and O–H groups in total. The molecule has 2 nitrogen and oxygen atoms in total. The van der Waals surface area contributed by atoms with Gasteiger partial charge in [-0.05, 0) is 0 Å². The van der Waals surface area contributed by atoms with Crippen molar-refractivity contribution >= 4 is 18.6 Å². The van der Waals surface area contributed by atoms with Crippen LogP contribution in [0.25, 0.3) is 0 Å². The minimum Gasteiger partial charge on any atom is -0.481 e. The van der Waals surface area contributed by atoms with Crippen LogP contribution in [0.3, 0.4) is 0 Å². The van der Waals surface area contributed by atoms with Gasteiger partial charge in [-0.3, -0.25) is 4.79 Å². The van der Waals surface area contributed by atoms with E-state index in [2.05, 4.69) is 12.6 Å². The van der Waals surface area contributed by atoms with Gasteiger partial charge in [0, 0.05) is 22.4 Å². The van der Waals surface area contributed by atoms with Crippen molar-refractivity contribution in [1.82, 2.24) is 0 Å². The summed E-state index contributed by atoms with van der Waals surface area (Å²) in [5.74, 6) is -0.965. The standard InChI is InChI=1S/C2H4O2S.Ag/c3-2(4)1-5;/h5H,1H2,(H,3,4);. The predicted molar refractivity (Wildman–Crippen MR) is 21.5 cm³/mol. The molecule has 0 aromatic carbocycles. The van der Waals surface area contributed by atoms with Crippen LogP contribution in [0, 0.1) is 0 Å². The van der Waals surface area contributed by atoms with Gasteiger partial charge in [-0.2, -0.15) is 12.6 Å². The van der Waals surface area contributed by atoms with Crippen LogP contribution >= 0.6 is 12.6 Å². The zero-order valence-corrected chi connectivity index (χ0v) is 5.19. The van der Waals surface area contributed by atoms with Crippen LogP contribution in [0.4, 0.5) is 0 Å². The van der Waals surface area contributed by atoms with Gasteiger partial charge >= 0.3 is 5.97 Å². The first-order chi connectivity index (χ1) is 2.27. The summed E-state index contributed by atoms with van der Waals surface area (Å²) in [6, 6.07) is 0. The van der Waals surface area contributed by atoms with E-state index in [1.807, 2.05) is 0 Å². The summed E-state index contributed by atoms with van der Waals surface area (Å²) in [7, 11) is 0. The molecular formula is C2H4AgO2S. The summed E-state index contributed by atoms with van der Waals surface area (Å²) in [4.78, 5) is 9.29. The predicted octanol–water partition coefficient (Wildman–Crippen LogP) is -0.00170. The van der Waals surface area contributed by atoms with E-state index in [9.17, 15) is 4.79 Å². The second-order valence-electron chi connectivity index (χ2n) is 0.552. The molecule has 0 aliphatic carbocycles. The minimum atomic E-state index is -0.881. The fourth-order valence-corrected chi connectivity index (χ4v) is 0. The smallest absolute Gasteiger partial charge is 0.313 e. The van der Waals surface area contributed by atoms with Crippen molar-refractivity contribution in [3.8, 4) is 0 Å². The molecule has 0 fully saturated rings. The van der Waals surface area contributed by atoms with Crippen molar-refractivity contribution in [3.63, 3.8) is 0 Å². The van der Waals surface area contributed by atoms with Crippen LogP contribution in [0.5, 0.6) is 0 Å². The van der Waals surface area contributed by atoms with E-state index in [1.54, 1.807) is 0 Å². The Balaban J connectivity index is 0. The average molecular weight is 200 g/mol. The number of carboxylic acid groups (broad SMARTS) is 1. The van der Waals surface area contributed by atoms with Gasteiger partial charge in [-0.15, -0.1) is 0 Å². The minimum absolute atomic E-state index is 0. The second kappa shape index (κ2) is 5.56. The maximum atomic E-state index is 9.29. The molecule has 0 unspecified atom stereocenters. The number of thiol groups is 1. The van der Waals surface area contributed by atoms with E-state index < -0.39 is 5.97 Å². The maximum absolute atomic E-state index is 9.29. The van der Waals surface area contributed by atoms with Crippen LogP contribution in [0.15, 0.2) is 0 Å². The molecule has 41 valence electrons. The quantitative estimate of drug-likeness (QED) is 0.461. The van der Waals surface area contributed by atoms with Gasteiger partial charge in [-0.25, -0.2) is 0 Å². The van der Waals surface area contributed by atoms with Crippen molar-refractivity contribution in [2.45, 2.75) is 0 Å². The third kappa shape index (κ3) is 8.82. The molecule has 1 radical (unpaired) electrons. The first-order valence-corrected chi connectivity index (χ1v) is 1.73. The Kier molecular flexibility index (Phi) is 9.04. The molecule has 0 bridgehead atoms. The number of rotatable bonds is 1. The molecule has 0 aromatic heterocycles. The molecule has 4 heteroatoms. The van der Waals surface area contributed by atoms with Gasteiger partial charge in [0.1, 0.15) is 0 Å². The summed E-state index contributed by atoms with van der Waals surface area (Å²) >= 11 is 3.42. The number of carboxylic acids is 1. The SMILES string of the molecule is O=C(O)CS.[Ag]. The van der Waals surface area contributed by atoms with Gasteiger partial charge in [0.15, 0.2) is 0 Å². The topological polar surface area (TPSA) is 37.3 Å². The Morgan fingerprint density at radius 3 is 2.00 bits per heavy atom. The molecule has 0 rings (SSSR count). The first-order valence-electron chi connectivity index (χ1n) is 1.10. The molecule has 0 heterocycles. The Bertz CT molecular complexity index is 46.8. The van der Waals surface area contributed by atoms with E-state index in [0.717, 1.165) is 0 Å². The molecule has 0 aliphatic heterocycles. The Hall–Kier alpha value is 0.560. The molecule has 0 spiro atoms. The summed E-state index contributed by atoms with van der Waals surface area (Å²) in [5, 5.41) is 7.65. The zero-order chi connectivity index (χ0) is 4.28. The molecule has 0 aliphatic rings. The Labute approximate surface area is 56.8 Å². The van der Waals surface area contributed by atoms with E-state index in [-0.39, 0.29) is 28.1 Å². The summed E-state index contributed by atoms with van der Waals surface area (Å²) in [6.07, 6.45) is 0. The van der Waals surface area contributed by atoms with Crippen LogP contribution in [0.2, 0.25) is 0 Å². The zero-order valence-electron chi connectivity index (χ0n) is 2.81. The summed E-state index contributed by atoms with van der Waals surface area (Å²) in [6.45, 7) is 0. The maximum Gasteiger partial charge on any atom is 0.313 e. The monoisotopic (exact) mass is 199 g/mol. The summed E-state index contributed by atoms with van der Waals surface area (Å²) < 4.78 is 0. The first kappa shape index (κ1) is 9.75. The Morgan fingerprint density at radius 1 is 1.83 bits per heavy atom. The van der Waals surface area contributed by atoms with Gasteiger partial charge in [-0.1, -0.05) is 0 Å². The van der Waals surface area contributed by atoms with Crippen LogP contribution in [0.1, 0.15) is 0 Å². The normalized spacial score (nSPS) is 6.17. The average Bonchev–Trinajstić information content (AvgIpc) is 1.38. The molecule has 6 heavy (non-hydrogen) atoms. The molecule has 0 saturated carbocycles. The number of hydrogen-bond donors (Lipinski definition) is 2. The van der Waals surface area contributed by atoms with Crippen molar-refractivity contribution < 1.29 is 32.3 Å². The molecular weight excluding hydrogens is 196 g/mol. The van der Waals surface area contributed by atoms with Gasteiger partial charge in [0.2, 0.25) is 0 Å². The van der Waals surface area contributed by atoms with E-state index in [1.165, 1.54) is 0 Å². The van der Waals surface area contributed by atoms with E-state index in [0.29, 0.717) is 0 Å². The van der Waals surface area contributed by atoms with Crippen molar-refractivity contribution in [2.75, 3.05) is 5.75 Å². The van der Waals surface area contributed by atoms with Crippen LogP contribution < -0.4 is 0 Å². The number of carbonyl (C=O) groups is 1. The van der Waals surface area contributed by atoms with Crippen molar-refractivity contribution in [1.29, 1.82) is 0 Å². The summed E-state index contributed by atoms with van der Waals surface area (Å²) in [5.41, 5.74) is 0. The third-order valence-electron chi connectivity index (χ3n) is 0.135. The van der Waals surface area contributed by atoms with Crippen molar-refractivity contribution in [2.24, 2.45) is 0 Å². The van der Waals surface area contributed by atoms with Gasteiger partial charge in [0.05, 0.1) is 5.75 Å². The molecule has 0 saturated heterocycles. The third-order valence-corrected chi connectivity index (χ3v) is 0.406. The van der Waals surface area contributed by atoms with Gasteiger partial charge in [0.25, 0.3) is 0 Å². The van der Waals surface area contributed by atoms with Gasteiger partial charge < -0.3 is 5.11 Å². The van der Waals surface area contributed by atoms with E-state index >= 15 is 0 Å². The largest absolute Gasteiger partial charge is 0.481 e. The molecule has 0 atom stereocenters. The number of aliphatic carboxylic acids is 1. The molecule has 0 aromatic rings. The van der Waals surface area contributed by atoms with E-state index in [4.69, 9.17) is 5.11 Å². The molecule has 0 amide bonds. The van der Waals surface area contributed by atoms with Crippen LogP contribution in [-0.2, 0) is 27.2 Å². The fourth-order valence-electron chi connectivity index (χ4n) is 0.